The number of thioether (sulfide) groups is 1. The van der Waals surface area contributed by atoms with Gasteiger partial charge in [0.05, 0.1) is 10.6 Å². The molecule has 0 unspecified atom stereocenters. The average Bonchev–Trinajstić information content (AvgIpc) is 2.27. The Balaban J connectivity index is 2.82. The lowest BCUT2D eigenvalue weighted by Crippen LogP contribution is -2.18. The third kappa shape index (κ3) is 5.39. The van der Waals surface area contributed by atoms with Crippen LogP contribution in [0.25, 0.3) is 0 Å². The second kappa shape index (κ2) is 6.02. The summed E-state index contributed by atoms with van der Waals surface area (Å²) in [5.74, 6) is -1.71. The van der Waals surface area contributed by atoms with E-state index in [1.54, 1.807) is 0 Å². The van der Waals surface area contributed by atoms with Crippen LogP contribution < -0.4 is 10.5 Å². The number of halogens is 3. The summed E-state index contributed by atoms with van der Waals surface area (Å²) in [6, 6.07) is 3.87. The molecule has 0 saturated heterocycles. The van der Waals surface area contributed by atoms with Crippen molar-refractivity contribution in [3.8, 4) is 0 Å². The Morgan fingerprint density at radius 2 is 2.00 bits per heavy atom. The van der Waals surface area contributed by atoms with E-state index in [1.165, 1.54) is 19.1 Å². The van der Waals surface area contributed by atoms with Crippen molar-refractivity contribution in [3.63, 3.8) is 0 Å². The van der Waals surface area contributed by atoms with E-state index in [1.807, 2.05) is 0 Å². The molecule has 0 aliphatic rings. The van der Waals surface area contributed by atoms with Crippen LogP contribution in [0.5, 0.6) is 0 Å². The highest BCUT2D eigenvalue weighted by molar-refractivity contribution is 8.00. The van der Waals surface area contributed by atoms with Gasteiger partial charge in [-0.15, -0.1) is 0 Å². The fourth-order valence-corrected chi connectivity index (χ4v) is 2.50. The summed E-state index contributed by atoms with van der Waals surface area (Å²) >= 11 is -0.481. The fraction of sp³-hybridized carbons (Fsp3) is 0.300. The number of rotatable bonds is 4. The first-order valence-corrected chi connectivity index (χ1v) is 7.66. The van der Waals surface area contributed by atoms with Gasteiger partial charge in [0.25, 0.3) is 0 Å². The van der Waals surface area contributed by atoms with E-state index in [4.69, 9.17) is 5.14 Å². The smallest absolute Gasteiger partial charge is 0.325 e. The number of hydrogen-bond donors (Lipinski definition) is 2. The second-order valence-electron chi connectivity index (χ2n) is 3.81. The summed E-state index contributed by atoms with van der Waals surface area (Å²) in [7, 11) is -3.96. The average molecular weight is 328 g/mol. The van der Waals surface area contributed by atoms with Crippen molar-refractivity contribution in [3.05, 3.63) is 23.8 Å². The zero-order valence-corrected chi connectivity index (χ0v) is 11.8. The number of anilines is 1. The molecule has 0 aromatic heterocycles. The van der Waals surface area contributed by atoms with Crippen molar-refractivity contribution in [2.24, 2.45) is 5.14 Å². The molecule has 0 aliphatic heterocycles. The Bertz CT molecular complexity index is 615. The van der Waals surface area contributed by atoms with Crippen molar-refractivity contribution < 1.29 is 26.4 Å². The van der Waals surface area contributed by atoms with E-state index in [2.05, 4.69) is 5.32 Å². The Kier molecular flexibility index (Phi) is 5.05. The molecular weight excluding hydrogens is 317 g/mol. The summed E-state index contributed by atoms with van der Waals surface area (Å²) in [6.07, 6.45) is 0. The highest BCUT2D eigenvalue weighted by Crippen LogP contribution is 2.30. The van der Waals surface area contributed by atoms with Crippen LogP contribution in [-0.2, 0) is 14.8 Å². The van der Waals surface area contributed by atoms with E-state index in [0.717, 1.165) is 6.07 Å². The molecule has 112 valence electrons. The molecule has 20 heavy (non-hydrogen) atoms. The Morgan fingerprint density at radius 3 is 2.50 bits per heavy atom. The van der Waals surface area contributed by atoms with E-state index in [-0.39, 0.29) is 10.6 Å². The molecule has 0 radical (unpaired) electrons. The molecule has 3 N–H and O–H groups in total. The minimum Gasteiger partial charge on any atom is -0.325 e. The van der Waals surface area contributed by atoms with Crippen LogP contribution >= 0.6 is 11.8 Å². The monoisotopic (exact) mass is 328 g/mol. The van der Waals surface area contributed by atoms with Gasteiger partial charge in [-0.3, -0.25) is 4.79 Å². The molecule has 0 spiro atoms. The summed E-state index contributed by atoms with van der Waals surface area (Å²) in [5, 5.41) is 7.15. The first kappa shape index (κ1) is 16.8. The molecular formula is C10H11F3N2O3S2. The first-order valence-electron chi connectivity index (χ1n) is 5.13. The third-order valence-corrected chi connectivity index (χ3v) is 3.93. The van der Waals surface area contributed by atoms with Gasteiger partial charge in [0.15, 0.2) is 0 Å². The fourth-order valence-electron chi connectivity index (χ4n) is 1.33. The molecule has 1 aromatic rings. The maximum Gasteiger partial charge on any atom is 0.442 e. The highest BCUT2D eigenvalue weighted by Gasteiger charge is 2.29. The van der Waals surface area contributed by atoms with Crippen LogP contribution in [0, 0.1) is 6.92 Å². The second-order valence-corrected chi connectivity index (χ2v) is 6.38. The molecule has 1 rings (SSSR count). The number of carbonyl (C=O) groups excluding carboxylic acids is 1. The van der Waals surface area contributed by atoms with Crippen molar-refractivity contribution in [1.82, 2.24) is 0 Å². The topological polar surface area (TPSA) is 89.3 Å². The number of hydrogen-bond acceptors (Lipinski definition) is 4. The SMILES string of the molecule is Cc1ccc(NC(=O)CSC(F)(F)F)cc1S(N)(=O)=O. The van der Waals surface area contributed by atoms with E-state index in [0.29, 0.717) is 5.56 Å². The zero-order valence-electron chi connectivity index (χ0n) is 10.2. The number of sulfonamides is 1. The number of benzene rings is 1. The maximum absolute atomic E-state index is 11.9. The lowest BCUT2D eigenvalue weighted by Gasteiger charge is -2.09. The number of amides is 1. The Labute approximate surface area is 117 Å². The largest absolute Gasteiger partial charge is 0.442 e. The zero-order chi connectivity index (χ0) is 15.6. The molecule has 0 aliphatic carbocycles. The van der Waals surface area contributed by atoms with Crippen molar-refractivity contribution in [1.29, 1.82) is 0 Å². The number of carbonyl (C=O) groups is 1. The summed E-state index contributed by atoms with van der Waals surface area (Å²) in [6.45, 7) is 1.50. The van der Waals surface area contributed by atoms with Gasteiger partial charge in [0, 0.05) is 5.69 Å². The summed E-state index contributed by atoms with van der Waals surface area (Å²) < 4.78 is 58.3. The standard InChI is InChI=1S/C10H11F3N2O3S2/c1-6-2-3-7(4-8(6)20(14,17)18)15-9(16)5-19-10(11,12)13/h2-4H,5H2,1H3,(H,15,16)(H2,14,17,18). The number of primary sulfonamides is 1. The molecule has 0 saturated carbocycles. The van der Waals surface area contributed by atoms with Gasteiger partial charge in [0.2, 0.25) is 15.9 Å². The van der Waals surface area contributed by atoms with Crippen molar-refractivity contribution >= 4 is 33.4 Å². The van der Waals surface area contributed by atoms with Gasteiger partial charge in [-0.05, 0) is 36.4 Å². The predicted molar refractivity (Wildman–Crippen MR) is 69.7 cm³/mol. The number of nitrogens with one attached hydrogen (secondary N) is 1. The third-order valence-electron chi connectivity index (χ3n) is 2.15. The van der Waals surface area contributed by atoms with Gasteiger partial charge in [-0.25, -0.2) is 13.6 Å². The number of alkyl halides is 3. The van der Waals surface area contributed by atoms with E-state index < -0.39 is 39.0 Å². The number of aryl methyl sites for hydroxylation is 1. The van der Waals surface area contributed by atoms with Crippen molar-refractivity contribution in [2.75, 3.05) is 11.1 Å². The van der Waals surface area contributed by atoms with Crippen LogP contribution in [0.3, 0.4) is 0 Å². The molecule has 0 heterocycles. The van der Waals surface area contributed by atoms with Crippen LogP contribution in [0.1, 0.15) is 5.56 Å². The highest BCUT2D eigenvalue weighted by atomic mass is 32.2. The van der Waals surface area contributed by atoms with Crippen molar-refractivity contribution in [2.45, 2.75) is 17.3 Å². The summed E-state index contributed by atoms with van der Waals surface area (Å²) in [4.78, 5) is 11.1. The van der Waals surface area contributed by atoms with Gasteiger partial charge < -0.3 is 5.32 Å². The van der Waals surface area contributed by atoms with Crippen LogP contribution in [0.2, 0.25) is 0 Å². The molecule has 5 nitrogen and oxygen atoms in total. The molecule has 1 amide bonds. The summed E-state index contributed by atoms with van der Waals surface area (Å²) in [5.41, 5.74) is -4.07. The molecule has 1 aromatic carbocycles. The first-order chi connectivity index (χ1) is 8.99. The Hall–Kier alpha value is -1.26. The lowest BCUT2D eigenvalue weighted by molar-refractivity contribution is -0.114. The van der Waals surface area contributed by atoms with E-state index >= 15 is 0 Å². The van der Waals surface area contributed by atoms with E-state index in [9.17, 15) is 26.4 Å². The molecule has 0 atom stereocenters. The molecule has 10 heteroatoms. The van der Waals surface area contributed by atoms with Gasteiger partial charge in [0.1, 0.15) is 0 Å². The lowest BCUT2D eigenvalue weighted by atomic mass is 10.2. The van der Waals surface area contributed by atoms with Gasteiger partial charge in [-0.2, -0.15) is 13.2 Å². The van der Waals surface area contributed by atoms with Crippen LogP contribution in [0.15, 0.2) is 23.1 Å². The minimum absolute atomic E-state index is 0.0624. The quantitative estimate of drug-likeness (QED) is 0.882. The predicted octanol–water partition coefficient (Wildman–Crippen LogP) is 1.83. The molecule has 0 fully saturated rings. The maximum atomic E-state index is 11.9. The van der Waals surface area contributed by atoms with Gasteiger partial charge >= 0.3 is 5.51 Å². The minimum atomic E-state index is -4.50. The van der Waals surface area contributed by atoms with Crippen LogP contribution in [-0.4, -0.2) is 25.6 Å². The Morgan fingerprint density at radius 1 is 1.40 bits per heavy atom. The normalized spacial score (nSPS) is 12.2. The molecule has 0 bridgehead atoms. The number of nitrogens with two attached hydrogens (primary N) is 1. The van der Waals surface area contributed by atoms with Crippen LogP contribution in [0.4, 0.5) is 18.9 Å². The van der Waals surface area contributed by atoms with Gasteiger partial charge in [-0.1, -0.05) is 6.07 Å².